The summed E-state index contributed by atoms with van der Waals surface area (Å²) in [4.78, 5) is 28.9. The third-order valence-electron chi connectivity index (χ3n) is 5.14. The van der Waals surface area contributed by atoms with E-state index < -0.39 is 0 Å². The van der Waals surface area contributed by atoms with Crippen molar-refractivity contribution in [2.45, 2.75) is 19.9 Å². The molecule has 4 rings (SSSR count). The number of amides is 2. The summed E-state index contributed by atoms with van der Waals surface area (Å²) in [6.07, 6.45) is 0. The van der Waals surface area contributed by atoms with Crippen LogP contribution in [0.25, 0.3) is 11.1 Å². The van der Waals surface area contributed by atoms with Crippen molar-refractivity contribution in [1.82, 2.24) is 0 Å². The van der Waals surface area contributed by atoms with Crippen LogP contribution in [-0.2, 0) is 4.79 Å². The number of anilines is 2. The summed E-state index contributed by atoms with van der Waals surface area (Å²) in [6, 6.07) is 25.3. The molecule has 28 heavy (non-hydrogen) atoms. The van der Waals surface area contributed by atoms with Crippen LogP contribution < -0.4 is 9.80 Å². The topological polar surface area (TPSA) is 40.6 Å². The van der Waals surface area contributed by atoms with E-state index in [1.807, 2.05) is 73.7 Å². The minimum atomic E-state index is -0.0834. The molecule has 0 radical (unpaired) electrons. The third-order valence-corrected chi connectivity index (χ3v) is 5.14. The fourth-order valence-corrected chi connectivity index (χ4v) is 3.84. The summed E-state index contributed by atoms with van der Waals surface area (Å²) >= 11 is 0. The van der Waals surface area contributed by atoms with Gasteiger partial charge in [-0.25, -0.2) is 0 Å². The SMILES string of the molecule is CC(=O)N1c2ccccc2N(C(=O)c2ccc(-c3ccccc3)cc2)CC1C. The highest BCUT2D eigenvalue weighted by molar-refractivity contribution is 6.10. The van der Waals surface area contributed by atoms with Gasteiger partial charge in [0.1, 0.15) is 0 Å². The van der Waals surface area contributed by atoms with Crippen molar-refractivity contribution in [3.8, 4) is 11.1 Å². The molecule has 0 fully saturated rings. The van der Waals surface area contributed by atoms with E-state index in [9.17, 15) is 9.59 Å². The zero-order valence-corrected chi connectivity index (χ0v) is 16.0. The molecule has 3 aromatic rings. The van der Waals surface area contributed by atoms with Gasteiger partial charge in [-0.05, 0) is 42.3 Å². The van der Waals surface area contributed by atoms with Crippen molar-refractivity contribution in [1.29, 1.82) is 0 Å². The molecule has 2 amide bonds. The van der Waals surface area contributed by atoms with Crippen molar-refractivity contribution in [2.75, 3.05) is 16.3 Å². The Balaban J connectivity index is 1.66. The lowest BCUT2D eigenvalue weighted by atomic mass is 10.0. The standard InChI is InChI=1S/C24H22N2O2/c1-17-16-25(22-10-6-7-11-23(22)26(17)18(2)27)24(28)21-14-12-20(13-15-21)19-8-4-3-5-9-19/h3-15,17H,16H2,1-2H3. The van der Waals surface area contributed by atoms with E-state index >= 15 is 0 Å². The number of hydrogen-bond donors (Lipinski definition) is 0. The second-order valence-electron chi connectivity index (χ2n) is 7.09. The van der Waals surface area contributed by atoms with Gasteiger partial charge < -0.3 is 9.80 Å². The molecule has 0 bridgehead atoms. The lowest BCUT2D eigenvalue weighted by molar-refractivity contribution is -0.117. The van der Waals surface area contributed by atoms with Crippen LogP contribution in [0.2, 0.25) is 0 Å². The molecular weight excluding hydrogens is 348 g/mol. The first kappa shape index (κ1) is 18.0. The molecule has 3 aromatic carbocycles. The van der Waals surface area contributed by atoms with Crippen LogP contribution in [0.1, 0.15) is 24.2 Å². The lowest BCUT2D eigenvalue weighted by Gasteiger charge is -2.40. The van der Waals surface area contributed by atoms with Gasteiger partial charge in [-0.1, -0.05) is 54.6 Å². The number of benzene rings is 3. The summed E-state index contributed by atoms with van der Waals surface area (Å²) in [7, 11) is 0. The van der Waals surface area contributed by atoms with Crippen molar-refractivity contribution in [3.63, 3.8) is 0 Å². The number of fused-ring (bicyclic) bond motifs is 1. The lowest BCUT2D eigenvalue weighted by Crippen LogP contribution is -2.51. The van der Waals surface area contributed by atoms with Crippen LogP contribution in [0.4, 0.5) is 11.4 Å². The Morgan fingerprint density at radius 3 is 2.00 bits per heavy atom. The number of carbonyl (C=O) groups is 2. The van der Waals surface area contributed by atoms with Crippen LogP contribution in [0.5, 0.6) is 0 Å². The predicted octanol–water partition coefficient (Wildman–Crippen LogP) is 4.76. The van der Waals surface area contributed by atoms with Crippen molar-refractivity contribution in [2.24, 2.45) is 0 Å². The van der Waals surface area contributed by atoms with Gasteiger partial charge in [-0.2, -0.15) is 0 Å². The number of carbonyl (C=O) groups excluding carboxylic acids is 2. The monoisotopic (exact) mass is 370 g/mol. The molecule has 1 unspecified atom stereocenters. The average molecular weight is 370 g/mol. The van der Waals surface area contributed by atoms with Crippen LogP contribution in [0, 0.1) is 0 Å². The molecule has 0 saturated heterocycles. The van der Waals surface area contributed by atoms with E-state index in [0.29, 0.717) is 12.1 Å². The fraction of sp³-hybridized carbons (Fsp3) is 0.167. The molecule has 1 atom stereocenters. The predicted molar refractivity (Wildman–Crippen MR) is 113 cm³/mol. The highest BCUT2D eigenvalue weighted by atomic mass is 16.2. The quantitative estimate of drug-likeness (QED) is 0.653. The number of para-hydroxylation sites is 2. The summed E-state index contributed by atoms with van der Waals surface area (Å²) < 4.78 is 0. The van der Waals surface area contributed by atoms with Crippen molar-refractivity contribution < 1.29 is 9.59 Å². The van der Waals surface area contributed by atoms with Crippen LogP contribution in [-0.4, -0.2) is 24.4 Å². The molecule has 4 nitrogen and oxygen atoms in total. The number of nitrogens with zero attached hydrogens (tertiary/aromatic N) is 2. The molecule has 140 valence electrons. The fourth-order valence-electron chi connectivity index (χ4n) is 3.84. The molecule has 0 spiro atoms. The maximum Gasteiger partial charge on any atom is 0.258 e. The third kappa shape index (κ3) is 3.18. The summed E-state index contributed by atoms with van der Waals surface area (Å²) in [5.41, 5.74) is 4.39. The largest absolute Gasteiger partial charge is 0.306 e. The maximum absolute atomic E-state index is 13.3. The summed E-state index contributed by atoms with van der Waals surface area (Å²) in [5, 5.41) is 0. The number of rotatable bonds is 2. The van der Waals surface area contributed by atoms with Gasteiger partial charge in [0, 0.05) is 19.0 Å². The van der Waals surface area contributed by atoms with Gasteiger partial charge in [0.25, 0.3) is 5.91 Å². The van der Waals surface area contributed by atoms with Crippen LogP contribution >= 0.6 is 0 Å². The smallest absolute Gasteiger partial charge is 0.258 e. The summed E-state index contributed by atoms with van der Waals surface area (Å²) in [6.45, 7) is 4.00. The second-order valence-corrected chi connectivity index (χ2v) is 7.09. The molecule has 0 N–H and O–H groups in total. The summed E-state index contributed by atoms with van der Waals surface area (Å²) in [5.74, 6) is -0.0682. The highest BCUT2D eigenvalue weighted by Gasteiger charge is 2.33. The molecular formula is C24H22N2O2. The van der Waals surface area contributed by atoms with Crippen LogP contribution in [0.3, 0.4) is 0 Å². The Bertz CT molecular complexity index is 1010. The Morgan fingerprint density at radius 2 is 1.36 bits per heavy atom. The average Bonchev–Trinajstić information content (AvgIpc) is 2.73. The van der Waals surface area contributed by atoms with E-state index in [1.165, 1.54) is 0 Å². The first-order valence-electron chi connectivity index (χ1n) is 9.42. The Hall–Kier alpha value is -3.40. The highest BCUT2D eigenvalue weighted by Crippen LogP contribution is 2.36. The van der Waals surface area contributed by atoms with E-state index in [4.69, 9.17) is 0 Å². The van der Waals surface area contributed by atoms with Crippen molar-refractivity contribution >= 4 is 23.2 Å². The number of hydrogen-bond acceptors (Lipinski definition) is 2. The Kier molecular flexibility index (Phi) is 4.70. The molecule has 1 heterocycles. The van der Waals surface area contributed by atoms with Gasteiger partial charge in [0.2, 0.25) is 5.91 Å². The normalized spacial score (nSPS) is 15.9. The van der Waals surface area contributed by atoms with Crippen LogP contribution in [0.15, 0.2) is 78.9 Å². The van der Waals surface area contributed by atoms with E-state index in [-0.39, 0.29) is 17.9 Å². The van der Waals surface area contributed by atoms with E-state index in [2.05, 4.69) is 12.1 Å². The molecule has 1 aliphatic rings. The van der Waals surface area contributed by atoms with Gasteiger partial charge in [0.15, 0.2) is 0 Å². The maximum atomic E-state index is 13.3. The Morgan fingerprint density at radius 1 is 0.786 bits per heavy atom. The zero-order chi connectivity index (χ0) is 19.7. The first-order valence-corrected chi connectivity index (χ1v) is 9.42. The minimum absolute atomic E-state index is 0.0146. The van der Waals surface area contributed by atoms with E-state index in [1.54, 1.807) is 16.7 Å². The Labute approximate surface area is 165 Å². The minimum Gasteiger partial charge on any atom is -0.306 e. The first-order chi connectivity index (χ1) is 13.6. The van der Waals surface area contributed by atoms with Gasteiger partial charge in [-0.3, -0.25) is 9.59 Å². The van der Waals surface area contributed by atoms with Gasteiger partial charge in [0.05, 0.1) is 17.4 Å². The zero-order valence-electron chi connectivity index (χ0n) is 16.0. The molecule has 1 aliphatic heterocycles. The second kappa shape index (κ2) is 7.31. The van der Waals surface area contributed by atoms with Gasteiger partial charge in [-0.15, -0.1) is 0 Å². The molecule has 0 aliphatic carbocycles. The van der Waals surface area contributed by atoms with E-state index in [0.717, 1.165) is 22.5 Å². The van der Waals surface area contributed by atoms with Gasteiger partial charge >= 0.3 is 0 Å². The molecule has 0 aromatic heterocycles. The molecule has 4 heteroatoms. The van der Waals surface area contributed by atoms with Crippen molar-refractivity contribution in [3.05, 3.63) is 84.4 Å². The molecule has 0 saturated carbocycles.